The fourth-order valence-corrected chi connectivity index (χ4v) is 1.51. The van der Waals surface area contributed by atoms with E-state index in [4.69, 9.17) is 0 Å². The van der Waals surface area contributed by atoms with Crippen LogP contribution in [0.5, 0.6) is 0 Å². The first-order chi connectivity index (χ1) is 7.24. The molecule has 1 aromatic heterocycles. The molecule has 0 aromatic carbocycles. The third-order valence-corrected chi connectivity index (χ3v) is 2.54. The Bertz CT molecular complexity index is 343. The van der Waals surface area contributed by atoms with Gasteiger partial charge in [-0.1, -0.05) is 0 Å². The number of carbonyl (C=O) groups excluding carboxylic acids is 1. The molecule has 0 unspecified atom stereocenters. The van der Waals surface area contributed by atoms with Crippen molar-refractivity contribution in [2.24, 2.45) is 5.92 Å². The van der Waals surface area contributed by atoms with Gasteiger partial charge >= 0.3 is 0 Å². The van der Waals surface area contributed by atoms with Gasteiger partial charge in [0.2, 0.25) is 5.91 Å². The normalized spacial score (nSPS) is 15.8. The lowest BCUT2D eigenvalue weighted by Crippen LogP contribution is -2.43. The van der Waals surface area contributed by atoms with E-state index < -0.39 is 0 Å². The van der Waals surface area contributed by atoms with Crippen molar-refractivity contribution in [2.45, 2.75) is 13.3 Å². The van der Waals surface area contributed by atoms with E-state index in [0.29, 0.717) is 12.3 Å². The van der Waals surface area contributed by atoms with Gasteiger partial charge < -0.3 is 10.6 Å². The minimum Gasteiger partial charge on any atom is -0.325 e. The van der Waals surface area contributed by atoms with E-state index in [2.05, 4.69) is 15.6 Å². The van der Waals surface area contributed by atoms with Crippen LogP contribution in [0.25, 0.3) is 0 Å². The summed E-state index contributed by atoms with van der Waals surface area (Å²) in [6.07, 6.45) is 2.28. The zero-order valence-corrected chi connectivity index (χ0v) is 8.79. The Balaban J connectivity index is 1.84. The molecule has 0 bridgehead atoms. The second-order valence-corrected chi connectivity index (χ2v) is 3.96. The second-order valence-electron chi connectivity index (χ2n) is 3.96. The molecule has 1 amide bonds. The average Bonchev–Trinajstić information content (AvgIpc) is 2.16. The first-order valence-corrected chi connectivity index (χ1v) is 5.17. The highest BCUT2D eigenvalue weighted by atomic mass is 16.1. The predicted octanol–water partition coefficient (Wildman–Crippen LogP) is 0.938. The lowest BCUT2D eigenvalue weighted by molar-refractivity contribution is -0.117. The van der Waals surface area contributed by atoms with Gasteiger partial charge in [0.15, 0.2) is 0 Å². The summed E-state index contributed by atoms with van der Waals surface area (Å²) < 4.78 is 0. The molecule has 0 aliphatic carbocycles. The fourth-order valence-electron chi connectivity index (χ4n) is 1.51. The molecular weight excluding hydrogens is 190 g/mol. The molecule has 4 heteroatoms. The maximum Gasteiger partial charge on any atom is 0.224 e. The van der Waals surface area contributed by atoms with Crippen LogP contribution in [0.4, 0.5) is 5.69 Å². The van der Waals surface area contributed by atoms with Crippen molar-refractivity contribution >= 4 is 11.6 Å². The van der Waals surface area contributed by atoms with E-state index in [-0.39, 0.29) is 5.91 Å². The molecule has 1 saturated heterocycles. The van der Waals surface area contributed by atoms with Crippen LogP contribution in [-0.2, 0) is 4.79 Å². The van der Waals surface area contributed by atoms with Crippen LogP contribution >= 0.6 is 0 Å². The Kier molecular flexibility index (Phi) is 2.97. The predicted molar refractivity (Wildman–Crippen MR) is 58.6 cm³/mol. The maximum absolute atomic E-state index is 11.5. The molecule has 15 heavy (non-hydrogen) atoms. The Labute approximate surface area is 89.1 Å². The number of hydrogen-bond acceptors (Lipinski definition) is 3. The van der Waals surface area contributed by atoms with E-state index >= 15 is 0 Å². The number of aromatic nitrogens is 1. The van der Waals surface area contributed by atoms with Crippen LogP contribution < -0.4 is 10.6 Å². The van der Waals surface area contributed by atoms with Gasteiger partial charge in [0.25, 0.3) is 0 Å². The summed E-state index contributed by atoms with van der Waals surface area (Å²) >= 11 is 0. The van der Waals surface area contributed by atoms with Gasteiger partial charge in [-0.25, -0.2) is 0 Å². The number of carbonyl (C=O) groups is 1. The van der Waals surface area contributed by atoms with Crippen molar-refractivity contribution in [3.8, 4) is 0 Å². The smallest absolute Gasteiger partial charge is 0.224 e. The van der Waals surface area contributed by atoms with Crippen molar-refractivity contribution in [3.63, 3.8) is 0 Å². The summed E-state index contributed by atoms with van der Waals surface area (Å²) in [6.45, 7) is 3.84. The molecule has 0 atom stereocenters. The maximum atomic E-state index is 11.5. The van der Waals surface area contributed by atoms with Crippen LogP contribution in [0, 0.1) is 12.8 Å². The molecule has 0 spiro atoms. The monoisotopic (exact) mass is 205 g/mol. The second kappa shape index (κ2) is 4.40. The van der Waals surface area contributed by atoms with Crippen molar-refractivity contribution in [1.29, 1.82) is 0 Å². The number of nitrogens with zero attached hydrogens (tertiary/aromatic N) is 1. The van der Waals surface area contributed by atoms with Crippen molar-refractivity contribution in [2.75, 3.05) is 18.4 Å². The minimum atomic E-state index is 0.0761. The molecule has 2 N–H and O–H groups in total. The first kappa shape index (κ1) is 10.1. The Hall–Kier alpha value is -1.42. The Morgan fingerprint density at radius 3 is 2.93 bits per heavy atom. The molecule has 1 fully saturated rings. The van der Waals surface area contributed by atoms with Gasteiger partial charge in [0, 0.05) is 12.1 Å². The van der Waals surface area contributed by atoms with Gasteiger partial charge in [-0.15, -0.1) is 0 Å². The molecule has 1 aliphatic rings. The van der Waals surface area contributed by atoms with Crippen LogP contribution in [-0.4, -0.2) is 24.0 Å². The van der Waals surface area contributed by atoms with Gasteiger partial charge in [-0.05, 0) is 38.1 Å². The first-order valence-electron chi connectivity index (χ1n) is 5.17. The third kappa shape index (κ3) is 2.76. The highest BCUT2D eigenvalue weighted by Crippen LogP contribution is 2.11. The summed E-state index contributed by atoms with van der Waals surface area (Å²) in [7, 11) is 0. The topological polar surface area (TPSA) is 54.0 Å². The lowest BCUT2D eigenvalue weighted by Gasteiger charge is -2.26. The van der Waals surface area contributed by atoms with Crippen LogP contribution in [0.15, 0.2) is 18.3 Å². The van der Waals surface area contributed by atoms with E-state index in [0.717, 1.165) is 24.5 Å². The standard InChI is InChI=1S/C11H15N3O/c1-8-2-3-10(7-13-8)14-11(15)4-9-5-12-6-9/h2-3,7,9,12H,4-6H2,1H3,(H,14,15). The molecule has 1 aliphatic heterocycles. The number of nitrogens with one attached hydrogen (secondary N) is 2. The highest BCUT2D eigenvalue weighted by molar-refractivity contribution is 5.90. The number of aryl methyl sites for hydroxylation is 1. The zero-order valence-electron chi connectivity index (χ0n) is 8.79. The van der Waals surface area contributed by atoms with Crippen molar-refractivity contribution in [3.05, 3.63) is 24.0 Å². The molecule has 0 saturated carbocycles. The summed E-state index contributed by atoms with van der Waals surface area (Å²) in [6, 6.07) is 3.76. The summed E-state index contributed by atoms with van der Waals surface area (Å²) in [5.41, 5.74) is 1.73. The van der Waals surface area contributed by atoms with E-state index in [1.165, 1.54) is 0 Å². The van der Waals surface area contributed by atoms with Crippen molar-refractivity contribution < 1.29 is 4.79 Å². The summed E-state index contributed by atoms with van der Waals surface area (Å²) in [4.78, 5) is 15.7. The number of rotatable bonds is 3. The van der Waals surface area contributed by atoms with Gasteiger partial charge in [0.05, 0.1) is 11.9 Å². The Morgan fingerprint density at radius 1 is 1.60 bits per heavy atom. The largest absolute Gasteiger partial charge is 0.325 e. The molecule has 0 radical (unpaired) electrons. The average molecular weight is 205 g/mol. The third-order valence-electron chi connectivity index (χ3n) is 2.54. The molecule has 80 valence electrons. The molecule has 2 rings (SSSR count). The number of amides is 1. The molecule has 1 aromatic rings. The van der Waals surface area contributed by atoms with Gasteiger partial charge in [0.1, 0.15) is 0 Å². The number of anilines is 1. The zero-order chi connectivity index (χ0) is 10.7. The van der Waals surface area contributed by atoms with E-state index in [9.17, 15) is 4.79 Å². The fraction of sp³-hybridized carbons (Fsp3) is 0.455. The Morgan fingerprint density at radius 2 is 2.40 bits per heavy atom. The number of hydrogen-bond donors (Lipinski definition) is 2. The van der Waals surface area contributed by atoms with Gasteiger partial charge in [-0.3, -0.25) is 9.78 Å². The molecule has 4 nitrogen and oxygen atoms in total. The van der Waals surface area contributed by atoms with E-state index in [1.807, 2.05) is 19.1 Å². The summed E-state index contributed by atoms with van der Waals surface area (Å²) in [5, 5.41) is 5.98. The lowest BCUT2D eigenvalue weighted by atomic mass is 9.99. The minimum absolute atomic E-state index is 0.0761. The quantitative estimate of drug-likeness (QED) is 0.772. The van der Waals surface area contributed by atoms with Crippen LogP contribution in [0.1, 0.15) is 12.1 Å². The molecular formula is C11H15N3O. The number of pyridine rings is 1. The SMILES string of the molecule is Cc1ccc(NC(=O)CC2CNC2)cn1. The van der Waals surface area contributed by atoms with Gasteiger partial charge in [-0.2, -0.15) is 0 Å². The van der Waals surface area contributed by atoms with Crippen LogP contribution in [0.2, 0.25) is 0 Å². The summed E-state index contributed by atoms with van der Waals surface area (Å²) in [5.74, 6) is 0.579. The molecule has 2 heterocycles. The van der Waals surface area contributed by atoms with E-state index in [1.54, 1.807) is 6.20 Å². The van der Waals surface area contributed by atoms with Crippen molar-refractivity contribution in [1.82, 2.24) is 10.3 Å². The highest BCUT2D eigenvalue weighted by Gasteiger charge is 2.19. The van der Waals surface area contributed by atoms with Crippen LogP contribution in [0.3, 0.4) is 0 Å².